The molecular weight excluding hydrogens is 234 g/mol. The van der Waals surface area contributed by atoms with E-state index in [1.807, 2.05) is 43.3 Å². The molecule has 2 N–H and O–H groups in total. The zero-order valence-electron chi connectivity index (χ0n) is 11.3. The fourth-order valence-electron chi connectivity index (χ4n) is 2.24. The van der Waals surface area contributed by atoms with Crippen molar-refractivity contribution in [2.75, 3.05) is 6.54 Å². The third-order valence-corrected chi connectivity index (χ3v) is 3.35. The summed E-state index contributed by atoms with van der Waals surface area (Å²) in [5, 5.41) is 13.3. The second-order valence-electron chi connectivity index (χ2n) is 4.87. The lowest BCUT2D eigenvalue weighted by Gasteiger charge is -2.21. The Morgan fingerprint density at radius 1 is 0.947 bits per heavy atom. The first-order chi connectivity index (χ1) is 9.27. The molecular formula is C17H21NO. The molecule has 2 aromatic rings. The molecule has 2 rings (SSSR count). The van der Waals surface area contributed by atoms with Gasteiger partial charge in [-0.3, -0.25) is 0 Å². The number of rotatable bonds is 6. The van der Waals surface area contributed by atoms with E-state index >= 15 is 0 Å². The first-order valence-corrected chi connectivity index (χ1v) is 6.75. The molecule has 2 heteroatoms. The number of benzene rings is 2. The van der Waals surface area contributed by atoms with E-state index in [0.29, 0.717) is 0 Å². The minimum Gasteiger partial charge on any atom is -0.393 e. The first-order valence-electron chi connectivity index (χ1n) is 6.75. The average molecular weight is 255 g/mol. The van der Waals surface area contributed by atoms with Crippen LogP contribution in [-0.4, -0.2) is 17.8 Å². The summed E-state index contributed by atoms with van der Waals surface area (Å²) in [6.45, 7) is 3.45. The molecule has 2 nitrogen and oxygen atoms in total. The van der Waals surface area contributed by atoms with E-state index in [-0.39, 0.29) is 12.0 Å². The zero-order valence-corrected chi connectivity index (χ0v) is 11.3. The van der Waals surface area contributed by atoms with Gasteiger partial charge in [-0.05, 0) is 18.1 Å². The van der Waals surface area contributed by atoms with Gasteiger partial charge in [0.1, 0.15) is 0 Å². The van der Waals surface area contributed by atoms with Gasteiger partial charge in [-0.15, -0.1) is 0 Å². The molecule has 2 aromatic carbocycles. The van der Waals surface area contributed by atoms with Crippen LogP contribution < -0.4 is 5.32 Å². The van der Waals surface area contributed by atoms with Crippen LogP contribution >= 0.6 is 0 Å². The van der Waals surface area contributed by atoms with Crippen molar-refractivity contribution in [3.63, 3.8) is 0 Å². The Balaban J connectivity index is 1.92. The molecule has 0 aliphatic rings. The third kappa shape index (κ3) is 4.19. The van der Waals surface area contributed by atoms with Crippen molar-refractivity contribution in [2.24, 2.45) is 0 Å². The first kappa shape index (κ1) is 13.8. The lowest BCUT2D eigenvalue weighted by Crippen LogP contribution is -2.28. The molecule has 0 fully saturated rings. The molecule has 0 radical (unpaired) electrons. The van der Waals surface area contributed by atoms with Gasteiger partial charge in [0.2, 0.25) is 0 Å². The predicted molar refractivity (Wildman–Crippen MR) is 79.0 cm³/mol. The molecule has 0 heterocycles. The Morgan fingerprint density at radius 3 is 2.11 bits per heavy atom. The molecule has 0 aliphatic heterocycles. The van der Waals surface area contributed by atoms with Gasteiger partial charge >= 0.3 is 0 Å². The van der Waals surface area contributed by atoms with Gasteiger partial charge in [0.05, 0.1) is 6.10 Å². The van der Waals surface area contributed by atoms with E-state index in [1.165, 1.54) is 11.1 Å². The van der Waals surface area contributed by atoms with Gasteiger partial charge in [0.25, 0.3) is 0 Å². The second kappa shape index (κ2) is 7.07. The molecule has 0 aliphatic carbocycles. The number of hydrogen-bond donors (Lipinski definition) is 2. The van der Waals surface area contributed by atoms with E-state index in [0.717, 1.165) is 13.1 Å². The van der Waals surface area contributed by atoms with Crippen LogP contribution in [0.3, 0.4) is 0 Å². The van der Waals surface area contributed by atoms with Crippen molar-refractivity contribution in [1.29, 1.82) is 0 Å². The molecule has 0 saturated heterocycles. The van der Waals surface area contributed by atoms with Crippen molar-refractivity contribution >= 4 is 0 Å². The van der Waals surface area contributed by atoms with Gasteiger partial charge in [-0.25, -0.2) is 0 Å². The number of hydrogen-bond acceptors (Lipinski definition) is 2. The normalized spacial score (nSPS) is 14.0. The second-order valence-corrected chi connectivity index (χ2v) is 4.87. The van der Waals surface area contributed by atoms with Crippen LogP contribution in [0.4, 0.5) is 0 Å². The van der Waals surface area contributed by atoms with Crippen molar-refractivity contribution in [3.8, 4) is 0 Å². The molecule has 0 amide bonds. The van der Waals surface area contributed by atoms with Gasteiger partial charge in [-0.1, -0.05) is 60.7 Å². The number of aliphatic hydroxyl groups excluding tert-OH is 1. The maximum atomic E-state index is 9.92. The van der Waals surface area contributed by atoms with Crippen LogP contribution in [0.1, 0.15) is 24.0 Å². The van der Waals surface area contributed by atoms with E-state index in [9.17, 15) is 5.11 Å². The minimum atomic E-state index is -0.356. The highest BCUT2D eigenvalue weighted by Gasteiger charge is 2.16. The average Bonchev–Trinajstić information content (AvgIpc) is 2.45. The van der Waals surface area contributed by atoms with Gasteiger partial charge < -0.3 is 10.4 Å². The summed E-state index contributed by atoms with van der Waals surface area (Å²) in [4.78, 5) is 0. The summed E-state index contributed by atoms with van der Waals surface area (Å²) in [7, 11) is 0. The van der Waals surface area contributed by atoms with E-state index in [2.05, 4.69) is 29.6 Å². The summed E-state index contributed by atoms with van der Waals surface area (Å²) >= 11 is 0. The maximum Gasteiger partial charge on any atom is 0.0592 e. The van der Waals surface area contributed by atoms with Crippen molar-refractivity contribution in [2.45, 2.75) is 25.5 Å². The Labute approximate surface area is 115 Å². The SMILES string of the molecule is CC(O)C(CNCc1ccccc1)c1ccccc1. The lowest BCUT2D eigenvalue weighted by atomic mass is 9.94. The zero-order chi connectivity index (χ0) is 13.5. The fraction of sp³-hybridized carbons (Fsp3) is 0.294. The van der Waals surface area contributed by atoms with E-state index in [4.69, 9.17) is 0 Å². The van der Waals surface area contributed by atoms with Crippen LogP contribution in [0.2, 0.25) is 0 Å². The summed E-state index contributed by atoms with van der Waals surface area (Å²) in [5.41, 5.74) is 2.44. The van der Waals surface area contributed by atoms with E-state index in [1.54, 1.807) is 0 Å². The monoisotopic (exact) mass is 255 g/mol. The molecule has 2 atom stereocenters. The molecule has 0 spiro atoms. The Kier molecular flexibility index (Phi) is 5.13. The summed E-state index contributed by atoms with van der Waals surface area (Å²) < 4.78 is 0. The van der Waals surface area contributed by atoms with Crippen LogP contribution in [0.5, 0.6) is 0 Å². The summed E-state index contributed by atoms with van der Waals surface area (Å²) in [5.74, 6) is 0.130. The van der Waals surface area contributed by atoms with Crippen LogP contribution in [0.25, 0.3) is 0 Å². The highest BCUT2D eigenvalue weighted by molar-refractivity contribution is 5.21. The van der Waals surface area contributed by atoms with Gasteiger partial charge in [0.15, 0.2) is 0 Å². The quantitative estimate of drug-likeness (QED) is 0.832. The number of aliphatic hydroxyl groups is 1. The Hall–Kier alpha value is -1.64. The largest absolute Gasteiger partial charge is 0.393 e. The summed E-state index contributed by atoms with van der Waals surface area (Å²) in [6, 6.07) is 20.5. The topological polar surface area (TPSA) is 32.3 Å². The maximum absolute atomic E-state index is 9.92. The highest BCUT2D eigenvalue weighted by atomic mass is 16.3. The molecule has 100 valence electrons. The molecule has 0 bridgehead atoms. The van der Waals surface area contributed by atoms with E-state index < -0.39 is 0 Å². The summed E-state index contributed by atoms with van der Waals surface area (Å²) in [6.07, 6.45) is -0.356. The smallest absolute Gasteiger partial charge is 0.0592 e. The lowest BCUT2D eigenvalue weighted by molar-refractivity contribution is 0.160. The Morgan fingerprint density at radius 2 is 1.53 bits per heavy atom. The molecule has 19 heavy (non-hydrogen) atoms. The van der Waals surface area contributed by atoms with Crippen LogP contribution in [0, 0.1) is 0 Å². The fourth-order valence-corrected chi connectivity index (χ4v) is 2.24. The van der Waals surface area contributed by atoms with Crippen molar-refractivity contribution < 1.29 is 5.11 Å². The number of nitrogens with one attached hydrogen (secondary N) is 1. The molecule has 0 aromatic heterocycles. The van der Waals surface area contributed by atoms with Gasteiger partial charge in [-0.2, -0.15) is 0 Å². The molecule has 0 saturated carbocycles. The van der Waals surface area contributed by atoms with Crippen LogP contribution in [-0.2, 0) is 6.54 Å². The Bertz CT molecular complexity index is 467. The van der Waals surface area contributed by atoms with Crippen LogP contribution in [0.15, 0.2) is 60.7 Å². The standard InChI is InChI=1S/C17H21NO/c1-14(19)17(16-10-6-3-7-11-16)13-18-12-15-8-4-2-5-9-15/h2-11,14,17-19H,12-13H2,1H3. The third-order valence-electron chi connectivity index (χ3n) is 3.35. The predicted octanol–water partition coefficient (Wildman–Crippen LogP) is 2.94. The van der Waals surface area contributed by atoms with Crippen molar-refractivity contribution in [3.05, 3.63) is 71.8 Å². The van der Waals surface area contributed by atoms with Crippen molar-refractivity contribution in [1.82, 2.24) is 5.32 Å². The molecule has 2 unspecified atom stereocenters. The highest BCUT2D eigenvalue weighted by Crippen LogP contribution is 2.18. The minimum absolute atomic E-state index is 0.130. The van der Waals surface area contributed by atoms with Gasteiger partial charge in [0, 0.05) is 19.0 Å².